The van der Waals surface area contributed by atoms with E-state index < -0.39 is 0 Å². The summed E-state index contributed by atoms with van der Waals surface area (Å²) < 4.78 is 0. The van der Waals surface area contributed by atoms with Crippen LogP contribution in [0.3, 0.4) is 0 Å². The number of rotatable bonds is 1. The summed E-state index contributed by atoms with van der Waals surface area (Å²) in [5.41, 5.74) is 0. The van der Waals surface area contributed by atoms with Gasteiger partial charge in [0.05, 0.1) is 6.61 Å². The van der Waals surface area contributed by atoms with Crippen molar-refractivity contribution in [1.29, 1.82) is 0 Å². The summed E-state index contributed by atoms with van der Waals surface area (Å²) in [6, 6.07) is 0.462. The zero-order chi connectivity index (χ0) is 7.14. The van der Waals surface area contributed by atoms with E-state index in [-0.39, 0.29) is 0 Å². The molecule has 1 heterocycles. The zero-order valence-electron chi connectivity index (χ0n) is 6.45. The highest BCUT2D eigenvalue weighted by molar-refractivity contribution is 4.96. The molecule has 0 spiro atoms. The number of aliphatic hydroxyl groups excluding tert-OH is 1. The molecule has 1 saturated carbocycles. The Labute approximate surface area is 61.8 Å². The zero-order valence-corrected chi connectivity index (χ0v) is 6.45. The van der Waals surface area contributed by atoms with E-state index in [1.54, 1.807) is 0 Å². The summed E-state index contributed by atoms with van der Waals surface area (Å²) in [6.07, 6.45) is 2.65. The minimum absolute atomic E-state index is 0.347. The average Bonchev–Trinajstić information content (AvgIpc) is 2.64. The Hall–Kier alpha value is -0.0800. The van der Waals surface area contributed by atoms with Gasteiger partial charge < -0.3 is 10.0 Å². The van der Waals surface area contributed by atoms with Gasteiger partial charge in [0.2, 0.25) is 0 Å². The van der Waals surface area contributed by atoms with Crippen LogP contribution in [0, 0.1) is 11.8 Å². The standard InChI is InChI=1S/C8H15NO/c1-9-4-7-2-6(7)3-8(9)5-10/h6-8,10H,2-5H2,1H3. The first-order chi connectivity index (χ1) is 4.81. The Morgan fingerprint density at radius 3 is 2.90 bits per heavy atom. The van der Waals surface area contributed by atoms with E-state index >= 15 is 0 Å². The largest absolute Gasteiger partial charge is 0.395 e. The van der Waals surface area contributed by atoms with Crippen LogP contribution in [0.1, 0.15) is 12.8 Å². The summed E-state index contributed by atoms with van der Waals surface area (Å²) in [4.78, 5) is 2.30. The van der Waals surface area contributed by atoms with Crippen LogP contribution in [0.2, 0.25) is 0 Å². The van der Waals surface area contributed by atoms with Crippen LogP contribution in [0.15, 0.2) is 0 Å². The topological polar surface area (TPSA) is 23.5 Å². The molecular formula is C8H15NO. The van der Waals surface area contributed by atoms with Gasteiger partial charge in [0, 0.05) is 12.6 Å². The van der Waals surface area contributed by atoms with Crippen molar-refractivity contribution in [3.63, 3.8) is 0 Å². The van der Waals surface area contributed by atoms with Gasteiger partial charge in [-0.05, 0) is 31.7 Å². The second kappa shape index (κ2) is 2.21. The summed E-state index contributed by atoms with van der Waals surface area (Å²) >= 11 is 0. The Balaban J connectivity index is 1.94. The van der Waals surface area contributed by atoms with Gasteiger partial charge >= 0.3 is 0 Å². The Morgan fingerprint density at radius 1 is 1.40 bits per heavy atom. The van der Waals surface area contributed by atoms with E-state index in [0.717, 1.165) is 11.8 Å². The lowest BCUT2D eigenvalue weighted by atomic mass is 10.0. The summed E-state index contributed by atoms with van der Waals surface area (Å²) in [5.74, 6) is 1.95. The van der Waals surface area contributed by atoms with Crippen molar-refractivity contribution in [3.05, 3.63) is 0 Å². The molecule has 0 radical (unpaired) electrons. The van der Waals surface area contributed by atoms with E-state index in [1.165, 1.54) is 19.4 Å². The molecule has 10 heavy (non-hydrogen) atoms. The minimum Gasteiger partial charge on any atom is -0.395 e. The molecule has 0 aromatic carbocycles. The third-order valence-corrected chi connectivity index (χ3v) is 3.00. The number of likely N-dealkylation sites (tertiary alicyclic amines) is 1. The van der Waals surface area contributed by atoms with Gasteiger partial charge in [0.15, 0.2) is 0 Å². The second-order valence-electron chi connectivity index (χ2n) is 3.77. The van der Waals surface area contributed by atoms with E-state index in [9.17, 15) is 0 Å². The molecule has 0 aromatic rings. The lowest BCUT2D eigenvalue weighted by Gasteiger charge is -2.30. The molecule has 0 aromatic heterocycles. The fourth-order valence-corrected chi connectivity index (χ4v) is 2.08. The number of hydrogen-bond acceptors (Lipinski definition) is 2. The van der Waals surface area contributed by atoms with Gasteiger partial charge in [-0.3, -0.25) is 0 Å². The third kappa shape index (κ3) is 0.956. The molecule has 3 unspecified atom stereocenters. The van der Waals surface area contributed by atoms with Crippen molar-refractivity contribution >= 4 is 0 Å². The van der Waals surface area contributed by atoms with Gasteiger partial charge in [-0.1, -0.05) is 0 Å². The lowest BCUT2D eigenvalue weighted by molar-refractivity contribution is 0.109. The molecule has 2 nitrogen and oxygen atoms in total. The van der Waals surface area contributed by atoms with Gasteiger partial charge in [0.1, 0.15) is 0 Å². The van der Waals surface area contributed by atoms with Crippen molar-refractivity contribution in [2.45, 2.75) is 18.9 Å². The van der Waals surface area contributed by atoms with Crippen LogP contribution in [-0.4, -0.2) is 36.2 Å². The quantitative estimate of drug-likeness (QED) is 0.568. The van der Waals surface area contributed by atoms with Crippen LogP contribution in [0.4, 0.5) is 0 Å². The maximum absolute atomic E-state index is 8.96. The lowest BCUT2D eigenvalue weighted by Crippen LogP contribution is -2.39. The normalized spacial score (nSPS) is 46.8. The molecule has 1 aliphatic heterocycles. The smallest absolute Gasteiger partial charge is 0.0586 e. The highest BCUT2D eigenvalue weighted by Crippen LogP contribution is 2.46. The number of piperidine rings is 1. The van der Waals surface area contributed by atoms with Crippen molar-refractivity contribution in [1.82, 2.24) is 4.90 Å². The fourth-order valence-electron chi connectivity index (χ4n) is 2.08. The maximum Gasteiger partial charge on any atom is 0.0586 e. The Bertz CT molecular complexity index is 137. The molecule has 0 bridgehead atoms. The first-order valence-electron chi connectivity index (χ1n) is 4.12. The highest BCUT2D eigenvalue weighted by Gasteiger charge is 2.43. The summed E-state index contributed by atoms with van der Waals surface area (Å²) in [7, 11) is 2.12. The molecule has 1 saturated heterocycles. The van der Waals surface area contributed by atoms with Crippen molar-refractivity contribution in [3.8, 4) is 0 Å². The van der Waals surface area contributed by atoms with Crippen LogP contribution >= 0.6 is 0 Å². The molecule has 2 rings (SSSR count). The number of likely N-dealkylation sites (N-methyl/N-ethyl adjacent to an activating group) is 1. The predicted octanol–water partition coefficient (Wildman–Crippen LogP) is 0.319. The van der Waals surface area contributed by atoms with Crippen molar-refractivity contribution in [2.24, 2.45) is 11.8 Å². The number of aliphatic hydroxyl groups is 1. The van der Waals surface area contributed by atoms with Crippen LogP contribution in [-0.2, 0) is 0 Å². The van der Waals surface area contributed by atoms with Gasteiger partial charge in [-0.2, -0.15) is 0 Å². The van der Waals surface area contributed by atoms with Crippen LogP contribution in [0.25, 0.3) is 0 Å². The molecule has 58 valence electrons. The van der Waals surface area contributed by atoms with Gasteiger partial charge in [0.25, 0.3) is 0 Å². The van der Waals surface area contributed by atoms with E-state index in [1.807, 2.05) is 0 Å². The molecule has 3 atom stereocenters. The van der Waals surface area contributed by atoms with Crippen molar-refractivity contribution in [2.75, 3.05) is 20.2 Å². The number of nitrogens with zero attached hydrogens (tertiary/aromatic N) is 1. The SMILES string of the molecule is CN1CC2CC2CC1CO. The summed E-state index contributed by atoms with van der Waals surface area (Å²) in [6.45, 7) is 1.57. The van der Waals surface area contributed by atoms with Crippen LogP contribution < -0.4 is 0 Å². The number of fused-ring (bicyclic) bond motifs is 1. The van der Waals surface area contributed by atoms with Gasteiger partial charge in [-0.25, -0.2) is 0 Å². The predicted molar refractivity (Wildman–Crippen MR) is 39.7 cm³/mol. The van der Waals surface area contributed by atoms with Crippen LogP contribution in [0.5, 0.6) is 0 Å². The monoisotopic (exact) mass is 141 g/mol. The molecule has 2 aliphatic rings. The molecule has 1 aliphatic carbocycles. The average molecular weight is 141 g/mol. The maximum atomic E-state index is 8.96. The third-order valence-electron chi connectivity index (χ3n) is 3.00. The van der Waals surface area contributed by atoms with Crippen molar-refractivity contribution < 1.29 is 5.11 Å². The molecule has 0 amide bonds. The van der Waals surface area contributed by atoms with Gasteiger partial charge in [-0.15, -0.1) is 0 Å². The van der Waals surface area contributed by atoms with E-state index in [2.05, 4.69) is 11.9 Å². The first-order valence-corrected chi connectivity index (χ1v) is 4.12. The molecule has 2 fully saturated rings. The summed E-state index contributed by atoms with van der Waals surface area (Å²) in [5, 5.41) is 8.96. The Morgan fingerprint density at radius 2 is 2.20 bits per heavy atom. The first kappa shape index (κ1) is 6.62. The van der Waals surface area contributed by atoms with E-state index in [0.29, 0.717) is 12.6 Å². The molecular weight excluding hydrogens is 126 g/mol. The molecule has 1 N–H and O–H groups in total. The molecule has 2 heteroatoms. The minimum atomic E-state index is 0.347. The number of hydrogen-bond donors (Lipinski definition) is 1. The van der Waals surface area contributed by atoms with E-state index in [4.69, 9.17) is 5.11 Å². The second-order valence-corrected chi connectivity index (χ2v) is 3.77. The highest BCUT2D eigenvalue weighted by atomic mass is 16.3. The fraction of sp³-hybridized carbons (Fsp3) is 1.00. The Kier molecular flexibility index (Phi) is 1.46.